The Morgan fingerprint density at radius 2 is 1.79 bits per heavy atom. The monoisotopic (exact) mass is 407 g/mol. The highest BCUT2D eigenvalue weighted by atomic mass is 32.2. The molecule has 1 N–H and O–H groups in total. The van der Waals surface area contributed by atoms with Crippen LogP contribution in [0.15, 0.2) is 59.8 Å². The molecule has 1 aliphatic carbocycles. The Hall–Kier alpha value is -2.67. The predicted octanol–water partition coefficient (Wildman–Crippen LogP) is 4.42. The summed E-state index contributed by atoms with van der Waals surface area (Å²) in [6, 6.07) is 18.9. The third-order valence-corrected chi connectivity index (χ3v) is 6.29. The Labute approximate surface area is 175 Å². The summed E-state index contributed by atoms with van der Waals surface area (Å²) in [5.41, 5.74) is 3.44. The van der Waals surface area contributed by atoms with Crippen LogP contribution < -0.4 is 5.32 Å². The van der Waals surface area contributed by atoms with Gasteiger partial charge in [-0.05, 0) is 46.9 Å². The number of benzene rings is 2. The number of hydrogen-bond acceptors (Lipinski definition) is 5. The summed E-state index contributed by atoms with van der Waals surface area (Å²) in [6.07, 6.45) is 4.66. The predicted molar refractivity (Wildman–Crippen MR) is 114 cm³/mol. The Bertz CT molecular complexity index is 935. The third-order valence-electron chi connectivity index (χ3n) is 5.36. The van der Waals surface area contributed by atoms with Crippen LogP contribution in [0.1, 0.15) is 50.3 Å². The summed E-state index contributed by atoms with van der Waals surface area (Å²) in [4.78, 5) is 12.4. The molecule has 1 heterocycles. The van der Waals surface area contributed by atoms with Crippen molar-refractivity contribution in [2.45, 2.75) is 49.8 Å². The number of hydrogen-bond donors (Lipinski definition) is 1. The van der Waals surface area contributed by atoms with E-state index in [1.54, 1.807) is 0 Å². The quantitative estimate of drug-likeness (QED) is 0.587. The van der Waals surface area contributed by atoms with E-state index in [2.05, 4.69) is 57.2 Å². The summed E-state index contributed by atoms with van der Waals surface area (Å²) in [5.74, 6) is 0.287. The number of tetrazole rings is 1. The number of amides is 1. The Kier molecular flexibility index (Phi) is 6.24. The van der Waals surface area contributed by atoms with Gasteiger partial charge in [-0.2, -0.15) is 0 Å². The van der Waals surface area contributed by atoms with Crippen molar-refractivity contribution in [1.82, 2.24) is 25.5 Å². The van der Waals surface area contributed by atoms with E-state index in [-0.39, 0.29) is 11.9 Å². The van der Waals surface area contributed by atoms with Gasteiger partial charge in [0.1, 0.15) is 0 Å². The van der Waals surface area contributed by atoms with Crippen molar-refractivity contribution >= 4 is 17.7 Å². The number of nitrogens with zero attached hydrogens (tertiary/aromatic N) is 4. The lowest BCUT2D eigenvalue weighted by atomic mass is 10.0. The van der Waals surface area contributed by atoms with E-state index in [9.17, 15) is 4.79 Å². The molecule has 1 saturated carbocycles. The maximum Gasteiger partial charge on any atom is 0.230 e. The van der Waals surface area contributed by atoms with E-state index in [1.165, 1.54) is 35.7 Å². The molecule has 7 heteroatoms. The van der Waals surface area contributed by atoms with Gasteiger partial charge in [-0.25, -0.2) is 4.68 Å². The molecule has 0 spiro atoms. The molecule has 0 bridgehead atoms. The molecule has 0 saturated heterocycles. The van der Waals surface area contributed by atoms with E-state index in [4.69, 9.17) is 0 Å². The lowest BCUT2D eigenvalue weighted by Gasteiger charge is -2.15. The van der Waals surface area contributed by atoms with Crippen LogP contribution in [0.4, 0.5) is 0 Å². The summed E-state index contributed by atoms with van der Waals surface area (Å²) in [5, 5.41) is 15.8. The normalized spacial score (nSPS) is 15.3. The number of aromatic nitrogens is 4. The summed E-state index contributed by atoms with van der Waals surface area (Å²) in [6.45, 7) is 2.00. The molecule has 4 rings (SSSR count). The molecule has 1 aromatic heterocycles. The maximum atomic E-state index is 12.4. The fourth-order valence-electron chi connectivity index (χ4n) is 3.75. The van der Waals surface area contributed by atoms with Crippen LogP contribution >= 0.6 is 11.8 Å². The van der Waals surface area contributed by atoms with Gasteiger partial charge >= 0.3 is 0 Å². The van der Waals surface area contributed by atoms with Gasteiger partial charge in [0, 0.05) is 0 Å². The topological polar surface area (TPSA) is 72.7 Å². The average Bonchev–Trinajstić information content (AvgIpc) is 3.44. The van der Waals surface area contributed by atoms with Crippen LogP contribution in [-0.4, -0.2) is 31.9 Å². The van der Waals surface area contributed by atoms with Crippen LogP contribution in [-0.2, 0) is 4.79 Å². The Morgan fingerprint density at radius 3 is 2.52 bits per heavy atom. The van der Waals surface area contributed by atoms with Gasteiger partial charge in [-0.3, -0.25) is 4.79 Å². The molecule has 150 valence electrons. The summed E-state index contributed by atoms with van der Waals surface area (Å²) in [7, 11) is 0. The van der Waals surface area contributed by atoms with Crippen LogP contribution in [0.25, 0.3) is 11.1 Å². The molecular formula is C22H25N5OS. The number of thioether (sulfide) groups is 1. The Balaban J connectivity index is 1.31. The minimum Gasteiger partial charge on any atom is -0.349 e. The number of carbonyl (C=O) groups excluding carboxylic acids is 1. The van der Waals surface area contributed by atoms with Crippen LogP contribution in [0.3, 0.4) is 0 Å². The van der Waals surface area contributed by atoms with Gasteiger partial charge in [0.25, 0.3) is 0 Å². The lowest BCUT2D eigenvalue weighted by Crippen LogP contribution is -2.28. The summed E-state index contributed by atoms with van der Waals surface area (Å²) < 4.78 is 1.89. The van der Waals surface area contributed by atoms with E-state index in [0.29, 0.717) is 11.8 Å². The SMILES string of the molecule is C[C@H](NC(=O)CSc1nnnn1C1CCCC1)c1ccc(-c2ccccc2)cc1. The fourth-order valence-corrected chi connectivity index (χ4v) is 4.51. The van der Waals surface area contributed by atoms with Crippen molar-refractivity contribution in [2.75, 3.05) is 5.75 Å². The fraction of sp³-hybridized carbons (Fsp3) is 0.364. The highest BCUT2D eigenvalue weighted by Gasteiger charge is 2.22. The zero-order valence-corrected chi connectivity index (χ0v) is 17.3. The van der Waals surface area contributed by atoms with Crippen molar-refractivity contribution in [3.63, 3.8) is 0 Å². The molecule has 3 aromatic rings. The van der Waals surface area contributed by atoms with E-state index < -0.39 is 0 Å². The Morgan fingerprint density at radius 1 is 1.10 bits per heavy atom. The second kappa shape index (κ2) is 9.22. The largest absolute Gasteiger partial charge is 0.349 e. The van der Waals surface area contributed by atoms with Gasteiger partial charge < -0.3 is 5.32 Å². The third kappa shape index (κ3) is 4.85. The van der Waals surface area contributed by atoms with Gasteiger partial charge in [0.15, 0.2) is 0 Å². The van der Waals surface area contributed by atoms with E-state index >= 15 is 0 Å². The maximum absolute atomic E-state index is 12.4. The number of carbonyl (C=O) groups is 1. The molecule has 0 radical (unpaired) electrons. The molecule has 0 aliphatic heterocycles. The molecule has 29 heavy (non-hydrogen) atoms. The lowest BCUT2D eigenvalue weighted by molar-refractivity contribution is -0.119. The van der Waals surface area contributed by atoms with Crippen molar-refractivity contribution in [1.29, 1.82) is 0 Å². The number of nitrogens with one attached hydrogen (secondary N) is 1. The molecular weight excluding hydrogens is 382 g/mol. The molecule has 6 nitrogen and oxygen atoms in total. The zero-order chi connectivity index (χ0) is 20.1. The van der Waals surface area contributed by atoms with Crippen LogP contribution in [0, 0.1) is 0 Å². The molecule has 0 unspecified atom stereocenters. The highest BCUT2D eigenvalue weighted by Crippen LogP contribution is 2.31. The van der Waals surface area contributed by atoms with Crippen molar-refractivity contribution in [2.24, 2.45) is 0 Å². The van der Waals surface area contributed by atoms with Crippen LogP contribution in [0.5, 0.6) is 0 Å². The van der Waals surface area contributed by atoms with Gasteiger partial charge in [-0.1, -0.05) is 79.2 Å². The summed E-state index contributed by atoms with van der Waals surface area (Å²) >= 11 is 1.40. The second-order valence-electron chi connectivity index (χ2n) is 7.41. The first-order valence-corrected chi connectivity index (χ1v) is 11.0. The standard InChI is InChI=1S/C22H25N5OS/c1-16(17-11-13-19(14-12-17)18-7-3-2-4-8-18)23-21(28)15-29-22-24-25-26-27(22)20-9-5-6-10-20/h2-4,7-8,11-14,16,20H,5-6,9-10,15H2,1H3,(H,23,28)/t16-/m0/s1. The van der Waals surface area contributed by atoms with Gasteiger partial charge in [-0.15, -0.1) is 5.10 Å². The van der Waals surface area contributed by atoms with E-state index in [0.717, 1.165) is 23.6 Å². The molecule has 1 atom stereocenters. The van der Waals surface area contributed by atoms with Crippen molar-refractivity contribution < 1.29 is 4.79 Å². The minimum atomic E-state index is -0.0567. The van der Waals surface area contributed by atoms with E-state index in [1.807, 2.05) is 29.8 Å². The van der Waals surface area contributed by atoms with Crippen LogP contribution in [0.2, 0.25) is 0 Å². The first kappa shape index (κ1) is 19.6. The van der Waals surface area contributed by atoms with Gasteiger partial charge in [0.2, 0.25) is 11.1 Å². The van der Waals surface area contributed by atoms with Crippen molar-refractivity contribution in [3.05, 3.63) is 60.2 Å². The smallest absolute Gasteiger partial charge is 0.230 e. The van der Waals surface area contributed by atoms with Gasteiger partial charge in [0.05, 0.1) is 17.8 Å². The second-order valence-corrected chi connectivity index (χ2v) is 8.35. The minimum absolute atomic E-state index is 0.0180. The highest BCUT2D eigenvalue weighted by molar-refractivity contribution is 7.99. The molecule has 1 aliphatic rings. The molecule has 1 amide bonds. The van der Waals surface area contributed by atoms with Crippen molar-refractivity contribution in [3.8, 4) is 11.1 Å². The first-order valence-electron chi connectivity index (χ1n) is 10.1. The molecule has 2 aromatic carbocycles. The zero-order valence-electron chi connectivity index (χ0n) is 16.5. The number of rotatable bonds is 7. The first-order chi connectivity index (χ1) is 14.2. The molecule has 1 fully saturated rings. The average molecular weight is 408 g/mol.